The first-order valence-corrected chi connectivity index (χ1v) is 8.36. The summed E-state index contributed by atoms with van der Waals surface area (Å²) in [5.41, 5.74) is 0. The molecule has 3 rings (SSSR count). The largest absolute Gasteiger partial charge is 0.485 e. The fraction of sp³-hybridized carbons (Fsp3) is 0.588. The van der Waals surface area contributed by atoms with Crippen molar-refractivity contribution in [1.29, 1.82) is 0 Å². The number of amides is 1. The van der Waals surface area contributed by atoms with E-state index < -0.39 is 18.8 Å². The van der Waals surface area contributed by atoms with E-state index >= 15 is 0 Å². The summed E-state index contributed by atoms with van der Waals surface area (Å²) in [7, 11) is 0. The quantitative estimate of drug-likeness (QED) is 0.897. The molecule has 5 nitrogen and oxygen atoms in total. The SMILES string of the molecule is O=C(NCC1CCN(CC(F)(F)F)CC1)C1COc2ccccc2O1. The van der Waals surface area contributed by atoms with Crippen molar-refractivity contribution in [3.05, 3.63) is 24.3 Å². The molecule has 2 aliphatic heterocycles. The van der Waals surface area contributed by atoms with Gasteiger partial charge in [-0.1, -0.05) is 12.1 Å². The summed E-state index contributed by atoms with van der Waals surface area (Å²) < 4.78 is 48.3. The predicted octanol–water partition coefficient (Wildman–Crippen LogP) is 2.22. The first kappa shape index (κ1) is 17.8. The van der Waals surface area contributed by atoms with Crippen LogP contribution in [0.4, 0.5) is 13.2 Å². The Hall–Kier alpha value is -1.96. The smallest absolute Gasteiger partial charge is 0.401 e. The second-order valence-corrected chi connectivity index (χ2v) is 6.44. The third-order valence-corrected chi connectivity index (χ3v) is 4.48. The van der Waals surface area contributed by atoms with E-state index in [1.807, 2.05) is 6.07 Å². The minimum absolute atomic E-state index is 0.146. The van der Waals surface area contributed by atoms with E-state index in [-0.39, 0.29) is 18.4 Å². The molecule has 1 N–H and O–H groups in total. The molecule has 1 aromatic rings. The van der Waals surface area contributed by atoms with E-state index in [0.717, 1.165) is 0 Å². The highest BCUT2D eigenvalue weighted by Gasteiger charge is 2.33. The van der Waals surface area contributed by atoms with E-state index in [1.54, 1.807) is 18.2 Å². The summed E-state index contributed by atoms with van der Waals surface area (Å²) in [4.78, 5) is 13.6. The molecule has 1 aromatic carbocycles. The number of para-hydroxylation sites is 2. The summed E-state index contributed by atoms with van der Waals surface area (Å²) in [5, 5.41) is 2.83. The van der Waals surface area contributed by atoms with Crippen LogP contribution in [0.2, 0.25) is 0 Å². The van der Waals surface area contributed by atoms with Gasteiger partial charge >= 0.3 is 6.18 Å². The Kier molecular flexibility index (Phi) is 5.36. The Labute approximate surface area is 144 Å². The Morgan fingerprint density at radius 1 is 1.20 bits per heavy atom. The third kappa shape index (κ3) is 5.01. The van der Waals surface area contributed by atoms with Gasteiger partial charge < -0.3 is 14.8 Å². The van der Waals surface area contributed by atoms with Gasteiger partial charge in [-0.15, -0.1) is 0 Å². The van der Waals surface area contributed by atoms with Crippen LogP contribution in [0.3, 0.4) is 0 Å². The number of carbonyl (C=O) groups excluding carboxylic acids is 1. The van der Waals surface area contributed by atoms with Gasteiger partial charge in [-0.3, -0.25) is 9.69 Å². The number of hydrogen-bond donors (Lipinski definition) is 1. The van der Waals surface area contributed by atoms with Crippen molar-refractivity contribution in [3.8, 4) is 11.5 Å². The number of likely N-dealkylation sites (tertiary alicyclic amines) is 1. The van der Waals surface area contributed by atoms with Gasteiger partial charge in [0.05, 0.1) is 6.54 Å². The van der Waals surface area contributed by atoms with Crippen LogP contribution >= 0.6 is 0 Å². The summed E-state index contributed by atoms with van der Waals surface area (Å²) >= 11 is 0. The molecule has 138 valence electrons. The normalized spacial score (nSPS) is 21.8. The van der Waals surface area contributed by atoms with Crippen LogP contribution in [0.15, 0.2) is 24.3 Å². The molecule has 1 amide bonds. The zero-order valence-electron chi connectivity index (χ0n) is 13.7. The van der Waals surface area contributed by atoms with Crippen molar-refractivity contribution >= 4 is 5.91 Å². The number of halogens is 3. The fourth-order valence-electron chi connectivity index (χ4n) is 3.11. The standard InChI is InChI=1S/C17H21F3N2O3/c18-17(19,20)11-22-7-5-12(6-8-22)9-21-16(23)15-10-24-13-3-1-2-4-14(13)25-15/h1-4,12,15H,5-11H2,(H,21,23). The molecule has 0 aromatic heterocycles. The number of piperidine rings is 1. The van der Waals surface area contributed by atoms with Gasteiger partial charge in [0.1, 0.15) is 6.61 Å². The van der Waals surface area contributed by atoms with E-state index in [2.05, 4.69) is 5.32 Å². The average molecular weight is 358 g/mol. The van der Waals surface area contributed by atoms with Crippen LogP contribution in [-0.2, 0) is 4.79 Å². The lowest BCUT2D eigenvalue weighted by Crippen LogP contribution is -2.47. The zero-order valence-corrected chi connectivity index (χ0v) is 13.7. The Morgan fingerprint density at radius 3 is 2.56 bits per heavy atom. The minimum Gasteiger partial charge on any atom is -0.485 e. The van der Waals surface area contributed by atoms with Crippen molar-refractivity contribution in [2.75, 3.05) is 32.8 Å². The number of alkyl halides is 3. The van der Waals surface area contributed by atoms with Crippen LogP contribution in [0.1, 0.15) is 12.8 Å². The van der Waals surface area contributed by atoms with Crippen LogP contribution in [0.25, 0.3) is 0 Å². The zero-order chi connectivity index (χ0) is 17.9. The first-order valence-electron chi connectivity index (χ1n) is 8.36. The van der Waals surface area contributed by atoms with E-state index in [1.165, 1.54) is 4.90 Å². The van der Waals surface area contributed by atoms with Gasteiger partial charge in [-0.2, -0.15) is 13.2 Å². The van der Waals surface area contributed by atoms with Crippen LogP contribution in [0, 0.1) is 5.92 Å². The highest BCUT2D eigenvalue weighted by Crippen LogP contribution is 2.31. The maximum absolute atomic E-state index is 12.4. The number of nitrogens with zero attached hydrogens (tertiary/aromatic N) is 1. The van der Waals surface area contributed by atoms with Crippen molar-refractivity contribution in [2.45, 2.75) is 25.1 Å². The molecular weight excluding hydrogens is 337 g/mol. The molecule has 25 heavy (non-hydrogen) atoms. The van der Waals surface area contributed by atoms with Crippen molar-refractivity contribution in [2.24, 2.45) is 5.92 Å². The van der Waals surface area contributed by atoms with Crippen molar-refractivity contribution in [1.82, 2.24) is 10.2 Å². The maximum atomic E-state index is 12.4. The molecule has 0 saturated carbocycles. The molecule has 2 heterocycles. The van der Waals surface area contributed by atoms with Gasteiger partial charge in [-0.25, -0.2) is 0 Å². The number of fused-ring (bicyclic) bond motifs is 1. The Balaban J connectivity index is 1.40. The lowest BCUT2D eigenvalue weighted by molar-refractivity contribution is -0.148. The molecule has 0 radical (unpaired) electrons. The summed E-state index contributed by atoms with van der Waals surface area (Å²) in [6, 6.07) is 7.15. The van der Waals surface area contributed by atoms with E-state index in [0.29, 0.717) is 44.0 Å². The lowest BCUT2D eigenvalue weighted by Gasteiger charge is -2.32. The van der Waals surface area contributed by atoms with Gasteiger partial charge in [0.25, 0.3) is 5.91 Å². The van der Waals surface area contributed by atoms with Gasteiger partial charge in [0.15, 0.2) is 11.5 Å². The monoisotopic (exact) mass is 358 g/mol. The number of rotatable bonds is 4. The fourth-order valence-corrected chi connectivity index (χ4v) is 3.11. The molecule has 0 spiro atoms. The van der Waals surface area contributed by atoms with Crippen LogP contribution in [-0.4, -0.2) is 55.9 Å². The number of carbonyl (C=O) groups is 1. The third-order valence-electron chi connectivity index (χ3n) is 4.48. The maximum Gasteiger partial charge on any atom is 0.401 e. The molecule has 0 aliphatic carbocycles. The number of ether oxygens (including phenoxy) is 2. The highest BCUT2D eigenvalue weighted by atomic mass is 19.4. The molecule has 8 heteroatoms. The first-order chi connectivity index (χ1) is 11.9. The Bertz CT molecular complexity index is 601. The summed E-state index contributed by atoms with van der Waals surface area (Å²) in [6.45, 7) is 0.527. The molecule has 1 unspecified atom stereocenters. The van der Waals surface area contributed by atoms with E-state index in [4.69, 9.17) is 9.47 Å². The Morgan fingerprint density at radius 2 is 1.88 bits per heavy atom. The molecule has 2 aliphatic rings. The van der Waals surface area contributed by atoms with Crippen LogP contribution < -0.4 is 14.8 Å². The number of benzene rings is 1. The summed E-state index contributed by atoms with van der Waals surface area (Å²) in [5.74, 6) is 1.08. The number of nitrogens with one attached hydrogen (secondary N) is 1. The second kappa shape index (κ2) is 7.51. The topological polar surface area (TPSA) is 50.8 Å². The molecular formula is C17H21F3N2O3. The van der Waals surface area contributed by atoms with Crippen LogP contribution in [0.5, 0.6) is 11.5 Å². The molecule has 0 bridgehead atoms. The number of hydrogen-bond acceptors (Lipinski definition) is 4. The van der Waals surface area contributed by atoms with Gasteiger partial charge in [0.2, 0.25) is 6.10 Å². The van der Waals surface area contributed by atoms with Gasteiger partial charge in [0, 0.05) is 6.54 Å². The lowest BCUT2D eigenvalue weighted by atomic mass is 9.96. The van der Waals surface area contributed by atoms with Crippen molar-refractivity contribution in [3.63, 3.8) is 0 Å². The predicted molar refractivity (Wildman–Crippen MR) is 84.6 cm³/mol. The summed E-state index contributed by atoms with van der Waals surface area (Å²) in [6.07, 6.45) is -3.59. The molecule has 1 atom stereocenters. The molecule has 1 saturated heterocycles. The second-order valence-electron chi connectivity index (χ2n) is 6.44. The molecule has 1 fully saturated rings. The average Bonchev–Trinajstić information content (AvgIpc) is 2.59. The minimum atomic E-state index is -4.16. The van der Waals surface area contributed by atoms with E-state index in [9.17, 15) is 18.0 Å². The van der Waals surface area contributed by atoms with Crippen molar-refractivity contribution < 1.29 is 27.4 Å². The highest BCUT2D eigenvalue weighted by molar-refractivity contribution is 5.81. The van der Waals surface area contributed by atoms with Gasteiger partial charge in [-0.05, 0) is 44.0 Å².